The molecule has 1 saturated heterocycles. The molecule has 0 aliphatic carbocycles. The third-order valence-electron chi connectivity index (χ3n) is 7.20. The molecule has 0 bridgehead atoms. The van der Waals surface area contributed by atoms with Crippen molar-refractivity contribution in [3.05, 3.63) is 126 Å². The number of carbonyl (C=O) groups is 1. The van der Waals surface area contributed by atoms with Gasteiger partial charge < -0.3 is 18.9 Å². The monoisotopic (exact) mass is 551 g/mol. The molecule has 2 atom stereocenters. The van der Waals surface area contributed by atoms with E-state index in [9.17, 15) is 4.79 Å². The average Bonchev–Trinajstić information content (AvgIpc) is 3.03. The van der Waals surface area contributed by atoms with E-state index in [1.807, 2.05) is 78.9 Å². The van der Waals surface area contributed by atoms with Crippen LogP contribution in [0.5, 0.6) is 11.5 Å². The quantitative estimate of drug-likeness (QED) is 0.122. The largest absolute Gasteiger partial charge is 0.491 e. The SMILES string of the molecule is O=C(c1ccc(OCCOCc2ccccc2)cc1)C(CCc1cccc(OC2CCCCO2)c1)c1ccncc1. The number of ketones is 1. The molecule has 1 aliphatic heterocycles. The maximum atomic E-state index is 13.7. The molecule has 5 rings (SSSR count). The van der Waals surface area contributed by atoms with Crippen LogP contribution in [-0.2, 0) is 22.5 Å². The Hall–Kier alpha value is -4.00. The summed E-state index contributed by atoms with van der Waals surface area (Å²) < 4.78 is 23.3. The second-order valence-corrected chi connectivity index (χ2v) is 10.2. The lowest BCUT2D eigenvalue weighted by Gasteiger charge is -2.23. The summed E-state index contributed by atoms with van der Waals surface area (Å²) in [5.41, 5.74) is 3.88. The summed E-state index contributed by atoms with van der Waals surface area (Å²) in [7, 11) is 0. The summed E-state index contributed by atoms with van der Waals surface area (Å²) in [5.74, 6) is 1.31. The number of hydrogen-bond donors (Lipinski definition) is 0. The van der Waals surface area contributed by atoms with Gasteiger partial charge in [-0.3, -0.25) is 9.78 Å². The molecular formula is C35H37NO5. The van der Waals surface area contributed by atoms with Crippen molar-refractivity contribution in [2.24, 2.45) is 0 Å². The number of hydrogen-bond acceptors (Lipinski definition) is 6. The minimum Gasteiger partial charge on any atom is -0.491 e. The summed E-state index contributed by atoms with van der Waals surface area (Å²) in [5, 5.41) is 0. The van der Waals surface area contributed by atoms with Gasteiger partial charge in [-0.05, 0) is 90.9 Å². The molecule has 41 heavy (non-hydrogen) atoms. The Bertz CT molecular complexity index is 1340. The van der Waals surface area contributed by atoms with Crippen molar-refractivity contribution in [1.29, 1.82) is 0 Å². The molecule has 2 heterocycles. The lowest BCUT2D eigenvalue weighted by molar-refractivity contribution is -0.105. The molecule has 3 aromatic carbocycles. The fraction of sp³-hybridized carbons (Fsp3) is 0.314. The van der Waals surface area contributed by atoms with Crippen molar-refractivity contribution in [3.8, 4) is 11.5 Å². The van der Waals surface area contributed by atoms with Crippen molar-refractivity contribution in [2.75, 3.05) is 19.8 Å². The van der Waals surface area contributed by atoms with Gasteiger partial charge in [-0.2, -0.15) is 0 Å². The number of aromatic nitrogens is 1. The summed E-state index contributed by atoms with van der Waals surface area (Å²) in [6, 6.07) is 29.4. The first-order chi connectivity index (χ1) is 20.2. The average molecular weight is 552 g/mol. The van der Waals surface area contributed by atoms with E-state index in [1.165, 1.54) is 0 Å². The topological polar surface area (TPSA) is 66.9 Å². The van der Waals surface area contributed by atoms with Crippen LogP contribution in [0.1, 0.15) is 58.6 Å². The van der Waals surface area contributed by atoms with Crippen LogP contribution in [0.4, 0.5) is 0 Å². The molecule has 1 fully saturated rings. The van der Waals surface area contributed by atoms with Gasteiger partial charge in [0.05, 0.1) is 19.8 Å². The summed E-state index contributed by atoms with van der Waals surface area (Å²) >= 11 is 0. The Kier molecular flexibility index (Phi) is 10.5. The maximum absolute atomic E-state index is 13.7. The van der Waals surface area contributed by atoms with Crippen molar-refractivity contribution in [3.63, 3.8) is 0 Å². The van der Waals surface area contributed by atoms with E-state index in [4.69, 9.17) is 18.9 Å². The Balaban J connectivity index is 1.17. The zero-order valence-corrected chi connectivity index (χ0v) is 23.3. The van der Waals surface area contributed by atoms with E-state index >= 15 is 0 Å². The molecule has 4 aromatic rings. The highest BCUT2D eigenvalue weighted by molar-refractivity contribution is 6.01. The molecule has 2 unspecified atom stereocenters. The van der Waals surface area contributed by atoms with Crippen LogP contribution in [0, 0.1) is 0 Å². The minimum atomic E-state index is -0.289. The van der Waals surface area contributed by atoms with Gasteiger partial charge >= 0.3 is 0 Å². The van der Waals surface area contributed by atoms with Crippen molar-refractivity contribution in [1.82, 2.24) is 4.98 Å². The highest BCUT2D eigenvalue weighted by Crippen LogP contribution is 2.28. The smallest absolute Gasteiger partial charge is 0.199 e. The standard InChI is InChI=1S/C35H37NO5/c37-35(30-13-15-31(16-14-30)39-24-23-38-26-28-7-2-1-3-8-28)33(29-18-20-36-21-19-29)17-12-27-9-6-10-32(25-27)41-34-11-4-5-22-40-34/h1-3,6-10,13-16,18-21,25,33-34H,4-5,11-12,17,22-24,26H2. The molecule has 0 spiro atoms. The predicted molar refractivity (Wildman–Crippen MR) is 158 cm³/mol. The van der Waals surface area contributed by atoms with E-state index < -0.39 is 0 Å². The highest BCUT2D eigenvalue weighted by atomic mass is 16.7. The molecule has 0 saturated carbocycles. The Morgan fingerprint density at radius 1 is 0.854 bits per heavy atom. The van der Waals surface area contributed by atoms with Crippen molar-refractivity contribution >= 4 is 5.78 Å². The highest BCUT2D eigenvalue weighted by Gasteiger charge is 2.22. The van der Waals surface area contributed by atoms with Crippen LogP contribution in [-0.4, -0.2) is 36.9 Å². The number of rotatable bonds is 14. The molecule has 212 valence electrons. The van der Waals surface area contributed by atoms with Crippen molar-refractivity contribution < 1.29 is 23.7 Å². The predicted octanol–water partition coefficient (Wildman–Crippen LogP) is 7.18. The first-order valence-corrected chi connectivity index (χ1v) is 14.4. The first kappa shape index (κ1) is 28.5. The summed E-state index contributed by atoms with van der Waals surface area (Å²) in [6.45, 7) is 2.23. The molecule has 1 aromatic heterocycles. The normalized spacial score (nSPS) is 15.7. The second-order valence-electron chi connectivity index (χ2n) is 10.2. The molecule has 0 radical (unpaired) electrons. The number of carbonyl (C=O) groups excluding carboxylic acids is 1. The third-order valence-corrected chi connectivity index (χ3v) is 7.20. The van der Waals surface area contributed by atoms with Gasteiger partial charge in [0.2, 0.25) is 0 Å². The summed E-state index contributed by atoms with van der Waals surface area (Å²) in [4.78, 5) is 17.9. The molecule has 1 aliphatic rings. The van der Waals surface area contributed by atoms with Gasteiger partial charge in [0.1, 0.15) is 18.1 Å². The lowest BCUT2D eigenvalue weighted by atomic mass is 9.86. The first-order valence-electron chi connectivity index (χ1n) is 14.4. The van der Waals surface area contributed by atoms with Gasteiger partial charge in [-0.1, -0.05) is 42.5 Å². The minimum absolute atomic E-state index is 0.0805. The van der Waals surface area contributed by atoms with Gasteiger partial charge in [0.25, 0.3) is 0 Å². The number of Topliss-reactive ketones (excluding diaryl/α,β-unsaturated/α-hetero) is 1. The lowest BCUT2D eigenvalue weighted by Crippen LogP contribution is -2.25. The Morgan fingerprint density at radius 2 is 1.66 bits per heavy atom. The molecular weight excluding hydrogens is 514 g/mol. The number of nitrogens with zero attached hydrogens (tertiary/aromatic N) is 1. The van der Waals surface area contributed by atoms with Gasteiger partial charge in [-0.25, -0.2) is 0 Å². The number of ether oxygens (including phenoxy) is 4. The number of pyridine rings is 1. The number of benzene rings is 3. The Morgan fingerprint density at radius 3 is 2.44 bits per heavy atom. The fourth-order valence-corrected chi connectivity index (χ4v) is 4.99. The van der Waals surface area contributed by atoms with Crippen LogP contribution in [0.25, 0.3) is 0 Å². The summed E-state index contributed by atoms with van der Waals surface area (Å²) in [6.07, 6.45) is 7.83. The zero-order valence-electron chi connectivity index (χ0n) is 23.3. The number of aryl methyl sites for hydroxylation is 1. The van der Waals surface area contributed by atoms with E-state index in [1.54, 1.807) is 12.4 Å². The van der Waals surface area contributed by atoms with Crippen LogP contribution in [0.3, 0.4) is 0 Å². The van der Waals surface area contributed by atoms with Crippen LogP contribution in [0.2, 0.25) is 0 Å². The third kappa shape index (κ3) is 8.74. The fourth-order valence-electron chi connectivity index (χ4n) is 4.99. The van der Waals surface area contributed by atoms with Gasteiger partial charge in [0.15, 0.2) is 12.1 Å². The molecule has 6 heteroatoms. The van der Waals surface area contributed by atoms with E-state index in [0.717, 1.165) is 54.7 Å². The van der Waals surface area contributed by atoms with E-state index in [0.29, 0.717) is 37.6 Å². The maximum Gasteiger partial charge on any atom is 0.199 e. The Labute approximate surface area is 242 Å². The van der Waals surface area contributed by atoms with Crippen LogP contribution >= 0.6 is 0 Å². The molecule has 0 amide bonds. The molecule has 6 nitrogen and oxygen atoms in total. The van der Waals surface area contributed by atoms with Crippen molar-refractivity contribution in [2.45, 2.75) is 50.9 Å². The van der Waals surface area contributed by atoms with Crippen LogP contribution in [0.15, 0.2) is 103 Å². The van der Waals surface area contributed by atoms with Gasteiger partial charge in [0, 0.05) is 30.3 Å². The zero-order chi connectivity index (χ0) is 28.1. The second kappa shape index (κ2) is 15.1. The molecule has 0 N–H and O–H groups in total. The van der Waals surface area contributed by atoms with E-state index in [-0.39, 0.29) is 18.0 Å². The van der Waals surface area contributed by atoms with Crippen LogP contribution < -0.4 is 9.47 Å². The van der Waals surface area contributed by atoms with Gasteiger partial charge in [-0.15, -0.1) is 0 Å². The van der Waals surface area contributed by atoms with E-state index in [2.05, 4.69) is 17.1 Å².